The first-order valence-electron chi connectivity index (χ1n) is 18.1. The lowest BCUT2D eigenvalue weighted by molar-refractivity contribution is -0.147. The maximum atomic E-state index is 12.2. The van der Waals surface area contributed by atoms with Crippen molar-refractivity contribution in [3.05, 3.63) is 12.2 Å². The zero-order chi connectivity index (χ0) is 44.6. The molecule has 0 spiro atoms. The molecule has 5 atom stereocenters. The van der Waals surface area contributed by atoms with Crippen molar-refractivity contribution in [1.29, 1.82) is 0 Å². The number of hydrogen-bond acceptors (Lipinski definition) is 15. The monoisotopic (exact) mass is 865 g/mol. The molecule has 0 aromatic carbocycles. The number of hydrogen-bond donors (Lipinski definition) is 9. The highest BCUT2D eigenvalue weighted by Crippen LogP contribution is 2.24. The number of likely N-dealkylation sites (tertiary alicyclic amines) is 1. The predicted octanol–water partition coefficient (Wildman–Crippen LogP) is -1.71. The Hall–Kier alpha value is -3.70. The molecule has 22 heteroatoms. The van der Waals surface area contributed by atoms with Crippen molar-refractivity contribution in [3.8, 4) is 0 Å². The molecule has 5 unspecified atom stereocenters. The SMILES string of the molecule is CC(C)NC(=O)C(CN)N1C(=O)C=CC1=O.CS.CSCC(CC(=O)O)C(=O)NC(CN)C(=O)NC(C)C.CSCC1CC(=O)N(C(CN)C(=O)NC(C)C)C1=O. The summed E-state index contributed by atoms with van der Waals surface area (Å²) in [5.41, 5.74) is 16.5. The van der Waals surface area contributed by atoms with Gasteiger partial charge < -0.3 is 43.6 Å². The van der Waals surface area contributed by atoms with Crippen LogP contribution in [-0.4, -0.2) is 154 Å². The number of nitrogens with two attached hydrogens (primary N) is 3. The van der Waals surface area contributed by atoms with E-state index in [0.29, 0.717) is 11.5 Å². The van der Waals surface area contributed by atoms with Gasteiger partial charge in [0.1, 0.15) is 18.1 Å². The van der Waals surface area contributed by atoms with Crippen molar-refractivity contribution in [2.24, 2.45) is 29.0 Å². The summed E-state index contributed by atoms with van der Waals surface area (Å²) in [6.07, 6.45) is 7.53. The van der Waals surface area contributed by atoms with Gasteiger partial charge in [0.25, 0.3) is 11.8 Å². The average Bonchev–Trinajstić information content (AvgIpc) is 3.59. The Kier molecular flexibility index (Phi) is 28.7. The van der Waals surface area contributed by atoms with E-state index in [9.17, 15) is 43.2 Å². The number of carbonyl (C=O) groups is 9. The summed E-state index contributed by atoms with van der Waals surface area (Å²) in [6.45, 7) is 10.6. The van der Waals surface area contributed by atoms with E-state index >= 15 is 0 Å². The van der Waals surface area contributed by atoms with Crippen LogP contribution in [0.1, 0.15) is 54.4 Å². The van der Waals surface area contributed by atoms with Crippen LogP contribution >= 0.6 is 36.2 Å². The van der Waals surface area contributed by atoms with E-state index in [1.165, 1.54) is 23.5 Å². The van der Waals surface area contributed by atoms with Crippen LogP contribution in [0.25, 0.3) is 0 Å². The Morgan fingerprint density at radius 2 is 1.16 bits per heavy atom. The molecule has 0 aliphatic carbocycles. The van der Waals surface area contributed by atoms with E-state index in [-0.39, 0.29) is 80.1 Å². The van der Waals surface area contributed by atoms with Crippen molar-refractivity contribution in [1.82, 2.24) is 31.1 Å². The third-order valence-corrected chi connectivity index (χ3v) is 8.96. The molecular formula is C35H63N9O10S3. The lowest BCUT2D eigenvalue weighted by Crippen LogP contribution is -2.54. The molecule has 2 rings (SSSR count). The molecule has 2 aliphatic heterocycles. The number of carbonyl (C=O) groups excluding carboxylic acids is 8. The van der Waals surface area contributed by atoms with E-state index < -0.39 is 53.6 Å². The highest BCUT2D eigenvalue weighted by molar-refractivity contribution is 7.98. The molecule has 1 fully saturated rings. The standard InChI is InChI=1S/C12H23N3O4S.C12H21N3O3S.C10H15N3O3.CH4S/c1-7(2)14-12(19)9(5-13)15-11(18)8(6-20-3)4-10(16)17;1-7(2)14-11(17)9(5-13)15-10(16)4-8(6-19-3)12(15)18;1-6(2)12-10(16)7(5-11)13-8(14)3-4-9(13)15;1-2/h7-9H,4-6,13H2,1-3H3,(H,14,19)(H,15,18)(H,16,17);7-9H,4-6,13H2,1-3H3,(H,14,17);3-4,6-7H,5,11H2,1-2H3,(H,12,16);2H,1H3. The van der Waals surface area contributed by atoms with Crippen LogP contribution in [0.4, 0.5) is 0 Å². The number of nitrogens with zero attached hydrogens (tertiary/aromatic N) is 2. The molecule has 2 aliphatic rings. The van der Waals surface area contributed by atoms with E-state index in [1.54, 1.807) is 40.2 Å². The number of nitrogens with one attached hydrogen (secondary N) is 4. The van der Waals surface area contributed by atoms with Gasteiger partial charge in [-0.1, -0.05) is 0 Å². The van der Waals surface area contributed by atoms with E-state index in [1.807, 2.05) is 20.1 Å². The normalized spacial score (nSPS) is 16.7. The molecule has 1 saturated heterocycles. The molecule has 326 valence electrons. The fraction of sp³-hybridized carbons (Fsp3) is 0.686. The summed E-state index contributed by atoms with van der Waals surface area (Å²) in [5, 5.41) is 19.3. The lowest BCUT2D eigenvalue weighted by atomic mass is 10.1. The number of aliphatic carboxylic acids is 1. The van der Waals surface area contributed by atoms with Crippen molar-refractivity contribution in [2.75, 3.05) is 49.9 Å². The van der Waals surface area contributed by atoms with E-state index in [4.69, 9.17) is 22.3 Å². The van der Waals surface area contributed by atoms with Gasteiger partial charge in [-0.3, -0.25) is 53.0 Å². The Morgan fingerprint density at radius 3 is 1.53 bits per heavy atom. The van der Waals surface area contributed by atoms with Gasteiger partial charge >= 0.3 is 5.97 Å². The zero-order valence-electron chi connectivity index (χ0n) is 34.2. The molecule has 0 bridgehead atoms. The van der Waals surface area contributed by atoms with Gasteiger partial charge in [0, 0.05) is 67.8 Å². The molecule has 0 saturated carbocycles. The van der Waals surface area contributed by atoms with Gasteiger partial charge in [-0.05, 0) is 60.3 Å². The molecule has 57 heavy (non-hydrogen) atoms. The maximum absolute atomic E-state index is 12.2. The van der Waals surface area contributed by atoms with Gasteiger partial charge in [0.2, 0.25) is 35.4 Å². The molecule has 0 radical (unpaired) electrons. The van der Waals surface area contributed by atoms with Gasteiger partial charge in [0.15, 0.2) is 0 Å². The summed E-state index contributed by atoms with van der Waals surface area (Å²) in [5.74, 6) is -4.30. The third-order valence-electron chi connectivity index (χ3n) is 7.48. The number of thiol groups is 1. The zero-order valence-corrected chi connectivity index (χ0v) is 36.8. The van der Waals surface area contributed by atoms with Crippen molar-refractivity contribution < 1.29 is 48.3 Å². The quantitative estimate of drug-likeness (QED) is 0.0516. The van der Waals surface area contributed by atoms with Gasteiger partial charge in [-0.2, -0.15) is 36.2 Å². The summed E-state index contributed by atoms with van der Waals surface area (Å²) in [6, 6.07) is -2.86. The van der Waals surface area contributed by atoms with Crippen LogP contribution < -0.4 is 38.5 Å². The second-order valence-electron chi connectivity index (χ2n) is 13.4. The third kappa shape index (κ3) is 20.0. The van der Waals surface area contributed by atoms with Crippen molar-refractivity contribution in [2.45, 2.75) is 90.6 Å². The topological polar surface area (TPSA) is 307 Å². The Morgan fingerprint density at radius 1 is 0.719 bits per heavy atom. The number of carboxylic acids is 1. The Bertz CT molecular complexity index is 1380. The second-order valence-corrected chi connectivity index (χ2v) is 15.2. The summed E-state index contributed by atoms with van der Waals surface area (Å²) in [7, 11) is 0. The lowest BCUT2D eigenvalue weighted by Gasteiger charge is -2.25. The number of rotatable bonds is 19. The van der Waals surface area contributed by atoms with Gasteiger partial charge in [-0.25, -0.2) is 0 Å². The first kappa shape index (κ1) is 55.4. The van der Waals surface area contributed by atoms with Gasteiger partial charge in [0.05, 0.1) is 18.3 Å². The van der Waals surface area contributed by atoms with Crippen LogP contribution in [0, 0.1) is 11.8 Å². The van der Waals surface area contributed by atoms with Gasteiger partial charge in [-0.15, -0.1) is 0 Å². The van der Waals surface area contributed by atoms with Crippen LogP contribution in [0.3, 0.4) is 0 Å². The minimum absolute atomic E-state index is 0.0383. The minimum atomic E-state index is -1.05. The van der Waals surface area contributed by atoms with E-state index in [2.05, 4.69) is 33.9 Å². The molecule has 0 aromatic rings. The fourth-order valence-corrected chi connectivity index (χ4v) is 6.39. The summed E-state index contributed by atoms with van der Waals surface area (Å²) < 4.78 is 0. The van der Waals surface area contributed by atoms with E-state index in [0.717, 1.165) is 22.0 Å². The minimum Gasteiger partial charge on any atom is -0.481 e. The fourth-order valence-electron chi connectivity index (χ4n) is 5.06. The largest absolute Gasteiger partial charge is 0.481 e. The van der Waals surface area contributed by atoms with Crippen LogP contribution in [0.5, 0.6) is 0 Å². The highest BCUT2D eigenvalue weighted by Gasteiger charge is 2.44. The Balaban J connectivity index is 0. The summed E-state index contributed by atoms with van der Waals surface area (Å²) >= 11 is 6.42. The second kappa shape index (κ2) is 29.5. The molecule has 11 N–H and O–H groups in total. The number of amides is 8. The number of carboxylic acid groups (broad SMARTS) is 1. The molecule has 2 heterocycles. The summed E-state index contributed by atoms with van der Waals surface area (Å²) in [4.78, 5) is 107. The highest BCUT2D eigenvalue weighted by atomic mass is 32.2. The maximum Gasteiger partial charge on any atom is 0.304 e. The molecular weight excluding hydrogens is 803 g/mol. The van der Waals surface area contributed by atoms with Crippen LogP contribution in [-0.2, 0) is 43.2 Å². The van der Waals surface area contributed by atoms with Crippen molar-refractivity contribution in [3.63, 3.8) is 0 Å². The molecule has 19 nitrogen and oxygen atoms in total. The first-order chi connectivity index (χ1) is 26.7. The van der Waals surface area contributed by atoms with Crippen LogP contribution in [0.15, 0.2) is 12.2 Å². The first-order valence-corrected chi connectivity index (χ1v) is 21.8. The molecule has 0 aromatic heterocycles. The van der Waals surface area contributed by atoms with Crippen molar-refractivity contribution >= 4 is 89.4 Å². The van der Waals surface area contributed by atoms with Crippen LogP contribution in [0.2, 0.25) is 0 Å². The predicted molar refractivity (Wildman–Crippen MR) is 225 cm³/mol. The number of imide groups is 2. The Labute approximate surface area is 349 Å². The average molecular weight is 866 g/mol. The smallest absolute Gasteiger partial charge is 0.304 e. The molecule has 8 amide bonds. The number of thioether (sulfide) groups is 2.